The molecule has 1 saturated heterocycles. The Hall–Kier alpha value is -0.540. The molecule has 0 aliphatic carbocycles. The van der Waals surface area contributed by atoms with E-state index >= 15 is 0 Å². The van der Waals surface area contributed by atoms with Crippen molar-refractivity contribution >= 4 is 0 Å². The largest absolute Gasteiger partial charge is 0.393 e. The molecule has 15 heavy (non-hydrogen) atoms. The molecule has 0 aromatic rings. The zero-order valence-electron chi connectivity index (χ0n) is 6.93. The van der Waals surface area contributed by atoms with Crippen LogP contribution in [0.2, 0.25) is 0 Å². The van der Waals surface area contributed by atoms with E-state index < -0.39 is 36.8 Å². The fraction of sp³-hybridized carbons (Fsp3) is 1.00. The topological polar surface area (TPSA) is 49.7 Å². The van der Waals surface area contributed by atoms with Gasteiger partial charge in [0.2, 0.25) is 6.29 Å². The van der Waals surface area contributed by atoms with Crippen LogP contribution in [-0.2, 0) is 4.74 Å². The highest BCUT2D eigenvalue weighted by Gasteiger charge is 2.80. The Bertz CT molecular complexity index is 255. The van der Waals surface area contributed by atoms with E-state index in [4.69, 9.17) is 10.2 Å². The normalized spacial score (nSPS) is 37.6. The first kappa shape index (κ1) is 12.5. The summed E-state index contributed by atoms with van der Waals surface area (Å²) in [6.45, 7) is -1.62. The molecule has 0 aromatic carbocycles. The summed E-state index contributed by atoms with van der Waals surface area (Å²) in [5.41, 5.74) is 0. The Kier molecular flexibility index (Phi) is 2.69. The Morgan fingerprint density at radius 2 is 1.47 bits per heavy atom. The molecule has 9 heteroatoms. The van der Waals surface area contributed by atoms with Crippen LogP contribution >= 0.6 is 0 Å². The molecule has 0 amide bonds. The van der Waals surface area contributed by atoms with Gasteiger partial charge >= 0.3 is 17.8 Å². The van der Waals surface area contributed by atoms with Crippen LogP contribution in [0.5, 0.6) is 0 Å². The summed E-state index contributed by atoms with van der Waals surface area (Å²) in [4.78, 5) is 0. The summed E-state index contributed by atoms with van der Waals surface area (Å²) in [7, 11) is 0. The van der Waals surface area contributed by atoms with Crippen LogP contribution in [0.4, 0.5) is 26.3 Å². The molecule has 1 aliphatic heterocycles. The quantitative estimate of drug-likeness (QED) is 0.660. The lowest BCUT2D eigenvalue weighted by atomic mass is 9.96. The predicted molar refractivity (Wildman–Crippen MR) is 32.8 cm³/mol. The highest BCUT2D eigenvalue weighted by Crippen LogP contribution is 2.53. The molecule has 2 N–H and O–H groups in total. The van der Waals surface area contributed by atoms with Crippen molar-refractivity contribution in [3.8, 4) is 0 Å². The number of rotatable bonds is 1. The van der Waals surface area contributed by atoms with Crippen LogP contribution in [0.1, 0.15) is 0 Å². The SMILES string of the molecule is OC[C@H]1OC(O)C(F)(F)C(F)(F)C1(F)F. The van der Waals surface area contributed by atoms with Gasteiger partial charge in [0.1, 0.15) is 0 Å². The van der Waals surface area contributed by atoms with Gasteiger partial charge in [-0.3, -0.25) is 0 Å². The van der Waals surface area contributed by atoms with Gasteiger partial charge in [-0.15, -0.1) is 0 Å². The molecule has 1 unspecified atom stereocenters. The highest BCUT2D eigenvalue weighted by molar-refractivity contribution is 5.05. The minimum Gasteiger partial charge on any atom is -0.393 e. The fourth-order valence-corrected chi connectivity index (χ4v) is 1.06. The maximum Gasteiger partial charge on any atom is 0.379 e. The number of ether oxygens (including phenoxy) is 1. The Labute approximate surface area is 79.3 Å². The third kappa shape index (κ3) is 1.41. The van der Waals surface area contributed by atoms with Gasteiger partial charge in [0.15, 0.2) is 6.10 Å². The molecule has 0 radical (unpaired) electrons. The second-order valence-corrected chi connectivity index (χ2v) is 2.98. The summed E-state index contributed by atoms with van der Waals surface area (Å²) in [5, 5.41) is 16.7. The first-order chi connectivity index (χ1) is 6.59. The molecule has 0 bridgehead atoms. The van der Waals surface area contributed by atoms with Crippen molar-refractivity contribution in [2.45, 2.75) is 30.2 Å². The summed E-state index contributed by atoms with van der Waals surface area (Å²) in [5.74, 6) is -16.5. The number of alkyl halides is 6. The molecule has 0 aromatic heterocycles. The first-order valence-electron chi connectivity index (χ1n) is 3.67. The summed E-state index contributed by atoms with van der Waals surface area (Å²) < 4.78 is 79.1. The van der Waals surface area contributed by atoms with Crippen LogP contribution in [0.3, 0.4) is 0 Å². The van der Waals surface area contributed by atoms with E-state index in [0.717, 1.165) is 0 Å². The Morgan fingerprint density at radius 1 is 1.00 bits per heavy atom. The number of hydrogen-bond acceptors (Lipinski definition) is 3. The zero-order valence-corrected chi connectivity index (χ0v) is 6.93. The third-order valence-electron chi connectivity index (χ3n) is 2.01. The van der Waals surface area contributed by atoms with Crippen molar-refractivity contribution in [1.82, 2.24) is 0 Å². The second kappa shape index (κ2) is 3.22. The minimum absolute atomic E-state index is 1.62. The van der Waals surface area contributed by atoms with E-state index in [-0.39, 0.29) is 0 Å². The van der Waals surface area contributed by atoms with E-state index in [9.17, 15) is 26.3 Å². The van der Waals surface area contributed by atoms with Gasteiger partial charge in [0.25, 0.3) is 0 Å². The lowest BCUT2D eigenvalue weighted by Crippen LogP contribution is -2.70. The van der Waals surface area contributed by atoms with Crippen LogP contribution in [0.15, 0.2) is 0 Å². The Morgan fingerprint density at radius 3 is 1.87 bits per heavy atom. The van der Waals surface area contributed by atoms with Crippen molar-refractivity contribution in [2.75, 3.05) is 6.61 Å². The van der Waals surface area contributed by atoms with Crippen LogP contribution in [0, 0.1) is 0 Å². The van der Waals surface area contributed by atoms with Gasteiger partial charge in [-0.1, -0.05) is 0 Å². The van der Waals surface area contributed by atoms with Gasteiger partial charge < -0.3 is 14.9 Å². The maximum atomic E-state index is 12.7. The lowest BCUT2D eigenvalue weighted by Gasteiger charge is -2.43. The van der Waals surface area contributed by atoms with Gasteiger partial charge in [-0.2, -0.15) is 26.3 Å². The van der Waals surface area contributed by atoms with Crippen molar-refractivity contribution in [2.24, 2.45) is 0 Å². The molecule has 2 atom stereocenters. The van der Waals surface area contributed by atoms with E-state index in [1.165, 1.54) is 0 Å². The van der Waals surface area contributed by atoms with E-state index in [1.54, 1.807) is 0 Å². The molecular weight excluding hydrogens is 234 g/mol. The molecule has 0 spiro atoms. The zero-order chi connectivity index (χ0) is 12.1. The molecule has 1 heterocycles. The van der Waals surface area contributed by atoms with Crippen LogP contribution in [-0.4, -0.2) is 47.0 Å². The smallest absolute Gasteiger partial charge is 0.379 e. The Balaban J connectivity index is 3.16. The number of aliphatic hydroxyl groups is 2. The molecule has 0 saturated carbocycles. The molecular formula is C6H6F6O3. The summed E-state index contributed by atoms with van der Waals surface area (Å²) in [6.07, 6.45) is -6.26. The lowest BCUT2D eigenvalue weighted by molar-refractivity contribution is -0.437. The van der Waals surface area contributed by atoms with Crippen LogP contribution < -0.4 is 0 Å². The van der Waals surface area contributed by atoms with Gasteiger partial charge in [0, 0.05) is 0 Å². The number of aliphatic hydroxyl groups excluding tert-OH is 2. The van der Waals surface area contributed by atoms with Crippen molar-refractivity contribution in [3.05, 3.63) is 0 Å². The van der Waals surface area contributed by atoms with Gasteiger partial charge in [-0.05, 0) is 0 Å². The third-order valence-corrected chi connectivity index (χ3v) is 2.01. The van der Waals surface area contributed by atoms with Crippen molar-refractivity contribution in [3.63, 3.8) is 0 Å². The first-order valence-corrected chi connectivity index (χ1v) is 3.67. The standard InChI is InChI=1S/C6H6F6O3/c7-4(8)2(1-13)15-3(14)5(9,10)6(4,11)12/h2-3,13-14H,1H2/t2-,3?/m1/s1. The predicted octanol–water partition coefficient (Wildman–Crippen LogP) is 0.602. The average molecular weight is 240 g/mol. The maximum absolute atomic E-state index is 12.7. The van der Waals surface area contributed by atoms with E-state index in [0.29, 0.717) is 0 Å². The molecule has 1 rings (SSSR count). The average Bonchev–Trinajstić information content (AvgIpc) is 2.10. The molecule has 1 fully saturated rings. The highest BCUT2D eigenvalue weighted by atomic mass is 19.3. The second-order valence-electron chi connectivity index (χ2n) is 2.98. The van der Waals surface area contributed by atoms with Crippen LogP contribution in [0.25, 0.3) is 0 Å². The van der Waals surface area contributed by atoms with Gasteiger partial charge in [-0.25, -0.2) is 0 Å². The van der Waals surface area contributed by atoms with Gasteiger partial charge in [0.05, 0.1) is 6.61 Å². The van der Waals surface area contributed by atoms with Crippen molar-refractivity contribution in [1.29, 1.82) is 0 Å². The summed E-state index contributed by atoms with van der Waals surface area (Å²) in [6, 6.07) is 0. The molecule has 90 valence electrons. The molecule has 1 aliphatic rings. The number of hydrogen-bond donors (Lipinski definition) is 2. The minimum atomic E-state index is -5.79. The van der Waals surface area contributed by atoms with Crippen molar-refractivity contribution < 1.29 is 41.3 Å². The van der Waals surface area contributed by atoms with E-state index in [1.807, 2.05) is 0 Å². The monoisotopic (exact) mass is 240 g/mol. The molecule has 3 nitrogen and oxygen atoms in total. The fourth-order valence-electron chi connectivity index (χ4n) is 1.06. The number of halogens is 6. The summed E-state index contributed by atoms with van der Waals surface area (Å²) >= 11 is 0. The van der Waals surface area contributed by atoms with E-state index in [2.05, 4.69) is 4.74 Å².